The molecule has 122 valence electrons. The highest BCUT2D eigenvalue weighted by atomic mass is 28.4. The minimum atomic E-state index is -1.65. The molecule has 5 heteroatoms. The van der Waals surface area contributed by atoms with Gasteiger partial charge in [-0.1, -0.05) is 26.8 Å². The highest BCUT2D eigenvalue weighted by Crippen LogP contribution is 2.36. The Morgan fingerprint density at radius 2 is 1.82 bits per heavy atom. The van der Waals surface area contributed by atoms with Gasteiger partial charge in [-0.15, -0.1) is 0 Å². The molecular weight excluding hydrogens is 292 g/mol. The number of ether oxygens (including phenoxy) is 1. The van der Waals surface area contributed by atoms with Crippen molar-refractivity contribution in [3.05, 3.63) is 23.8 Å². The van der Waals surface area contributed by atoms with Crippen LogP contribution in [0.3, 0.4) is 0 Å². The summed E-state index contributed by atoms with van der Waals surface area (Å²) in [5.41, 5.74) is 6.63. The Labute approximate surface area is 135 Å². The molecule has 0 atom stereocenters. The summed E-state index contributed by atoms with van der Waals surface area (Å²) in [5, 5.41) is 9.32. The molecule has 0 saturated heterocycles. The quantitative estimate of drug-likeness (QED) is 0.461. The van der Waals surface area contributed by atoms with Crippen LogP contribution in [0.15, 0.2) is 18.2 Å². The van der Waals surface area contributed by atoms with Crippen LogP contribution in [0.5, 0.6) is 5.75 Å². The molecule has 0 amide bonds. The molecule has 0 heterocycles. The molecule has 1 aromatic carbocycles. The Morgan fingerprint density at radius 3 is 2.41 bits per heavy atom. The van der Waals surface area contributed by atoms with Gasteiger partial charge in [0.25, 0.3) is 0 Å². The fourth-order valence-electron chi connectivity index (χ4n) is 1.72. The van der Waals surface area contributed by atoms with E-state index in [1.807, 2.05) is 0 Å². The molecule has 0 aliphatic carbocycles. The maximum atomic E-state index is 9.08. The van der Waals surface area contributed by atoms with E-state index in [2.05, 4.69) is 39.9 Å². The largest absolute Gasteiger partial charge is 0.492 e. The summed E-state index contributed by atoms with van der Waals surface area (Å²) in [4.78, 5) is 0. The van der Waals surface area contributed by atoms with Gasteiger partial charge in [-0.25, -0.2) is 0 Å². The molecule has 0 bridgehead atoms. The summed E-state index contributed by atoms with van der Waals surface area (Å²) in [5.74, 6) is 0.563. The SMILES string of the molecule is CC(C)(C)[Si](C)(C)OCCCCOc1cccc(N)c1C#N. The molecule has 22 heavy (non-hydrogen) atoms. The first-order chi connectivity index (χ1) is 10.2. The lowest BCUT2D eigenvalue weighted by molar-refractivity contribution is 0.252. The smallest absolute Gasteiger partial charge is 0.191 e. The minimum absolute atomic E-state index is 0.243. The van der Waals surface area contributed by atoms with E-state index in [4.69, 9.17) is 20.2 Å². The van der Waals surface area contributed by atoms with Crippen LogP contribution in [-0.4, -0.2) is 21.5 Å². The summed E-state index contributed by atoms with van der Waals surface area (Å²) in [6.07, 6.45) is 1.85. The molecule has 2 N–H and O–H groups in total. The summed E-state index contributed by atoms with van der Waals surface area (Å²) in [7, 11) is -1.65. The van der Waals surface area contributed by atoms with Crippen LogP contribution in [0, 0.1) is 11.3 Å². The summed E-state index contributed by atoms with van der Waals surface area (Å²) in [6.45, 7) is 12.6. The van der Waals surface area contributed by atoms with Crippen molar-refractivity contribution in [2.24, 2.45) is 0 Å². The number of hydrogen-bond acceptors (Lipinski definition) is 4. The number of benzene rings is 1. The molecular formula is C17H28N2O2Si. The van der Waals surface area contributed by atoms with Crippen LogP contribution in [-0.2, 0) is 4.43 Å². The highest BCUT2D eigenvalue weighted by molar-refractivity contribution is 6.74. The van der Waals surface area contributed by atoms with Crippen molar-refractivity contribution >= 4 is 14.0 Å². The average Bonchev–Trinajstić information content (AvgIpc) is 2.41. The number of anilines is 1. The Hall–Kier alpha value is -1.51. The second kappa shape index (κ2) is 7.66. The second-order valence-corrected chi connectivity index (χ2v) is 11.8. The van der Waals surface area contributed by atoms with Gasteiger partial charge in [-0.05, 0) is 43.1 Å². The summed E-state index contributed by atoms with van der Waals surface area (Å²) >= 11 is 0. The molecule has 4 nitrogen and oxygen atoms in total. The van der Waals surface area contributed by atoms with E-state index in [1.165, 1.54) is 0 Å². The van der Waals surface area contributed by atoms with Crippen molar-refractivity contribution in [3.63, 3.8) is 0 Å². The van der Waals surface area contributed by atoms with Crippen molar-refractivity contribution in [3.8, 4) is 11.8 Å². The number of nitriles is 1. The van der Waals surface area contributed by atoms with E-state index < -0.39 is 8.32 Å². The Balaban J connectivity index is 2.33. The molecule has 0 aliphatic heterocycles. The minimum Gasteiger partial charge on any atom is -0.492 e. The topological polar surface area (TPSA) is 68.3 Å². The summed E-state index contributed by atoms with van der Waals surface area (Å²) in [6, 6.07) is 7.37. The van der Waals surface area contributed by atoms with Crippen molar-refractivity contribution in [2.45, 2.75) is 51.7 Å². The number of unbranched alkanes of at least 4 members (excludes halogenated alkanes) is 1. The number of hydrogen-bond donors (Lipinski definition) is 1. The van der Waals surface area contributed by atoms with Gasteiger partial charge in [-0.2, -0.15) is 5.26 Å². The summed E-state index contributed by atoms with van der Waals surface area (Å²) < 4.78 is 11.8. The first-order valence-electron chi connectivity index (χ1n) is 7.74. The molecule has 0 aromatic heterocycles. The maximum Gasteiger partial charge on any atom is 0.191 e. The molecule has 0 radical (unpaired) electrons. The van der Waals surface area contributed by atoms with Crippen molar-refractivity contribution in [1.82, 2.24) is 0 Å². The van der Waals surface area contributed by atoms with Crippen molar-refractivity contribution in [1.29, 1.82) is 5.26 Å². The number of nitrogens with two attached hydrogens (primary N) is 1. The van der Waals surface area contributed by atoms with Crippen LogP contribution < -0.4 is 10.5 Å². The average molecular weight is 321 g/mol. The molecule has 0 fully saturated rings. The fraction of sp³-hybridized carbons (Fsp3) is 0.588. The molecule has 0 saturated carbocycles. The standard InChI is InChI=1S/C17H28N2O2Si/c1-17(2,3)22(4,5)21-12-7-6-11-20-16-10-8-9-15(19)14(16)13-18/h8-10H,6-7,11-12,19H2,1-5H3. The van der Waals surface area contributed by atoms with Crippen LogP contribution in [0.4, 0.5) is 5.69 Å². The predicted octanol–water partition coefficient (Wildman–Crippen LogP) is 4.32. The Bertz CT molecular complexity index is 530. The van der Waals surface area contributed by atoms with Crippen LogP contribution in [0.1, 0.15) is 39.2 Å². The third kappa shape index (κ3) is 5.04. The predicted molar refractivity (Wildman–Crippen MR) is 93.4 cm³/mol. The monoisotopic (exact) mass is 320 g/mol. The van der Waals surface area contributed by atoms with Crippen LogP contribution in [0.25, 0.3) is 0 Å². The van der Waals surface area contributed by atoms with E-state index in [1.54, 1.807) is 18.2 Å². The first kappa shape index (κ1) is 18.5. The van der Waals surface area contributed by atoms with Gasteiger partial charge in [0.15, 0.2) is 8.32 Å². The van der Waals surface area contributed by atoms with Gasteiger partial charge in [-0.3, -0.25) is 0 Å². The third-order valence-electron chi connectivity index (χ3n) is 4.24. The van der Waals surface area contributed by atoms with E-state index in [0.29, 0.717) is 23.6 Å². The van der Waals surface area contributed by atoms with Gasteiger partial charge in [0.05, 0.1) is 12.3 Å². The van der Waals surface area contributed by atoms with E-state index in [0.717, 1.165) is 19.4 Å². The van der Waals surface area contributed by atoms with Gasteiger partial charge < -0.3 is 14.9 Å². The van der Waals surface area contributed by atoms with E-state index in [9.17, 15) is 0 Å². The molecule has 0 spiro atoms. The normalized spacial score (nSPS) is 12.0. The number of nitrogens with zero attached hydrogens (tertiary/aromatic N) is 1. The lowest BCUT2D eigenvalue weighted by Crippen LogP contribution is -2.41. The molecule has 1 aromatic rings. The Kier molecular flexibility index (Phi) is 6.45. The van der Waals surface area contributed by atoms with Crippen LogP contribution in [0.2, 0.25) is 18.1 Å². The zero-order valence-electron chi connectivity index (χ0n) is 14.4. The fourth-order valence-corrected chi connectivity index (χ4v) is 2.81. The molecule has 0 aliphatic rings. The van der Waals surface area contributed by atoms with Gasteiger partial charge in [0.1, 0.15) is 17.4 Å². The zero-order valence-corrected chi connectivity index (χ0v) is 15.4. The van der Waals surface area contributed by atoms with Gasteiger partial charge in [0, 0.05) is 6.61 Å². The zero-order chi connectivity index (χ0) is 16.8. The Morgan fingerprint density at radius 1 is 1.18 bits per heavy atom. The van der Waals surface area contributed by atoms with E-state index in [-0.39, 0.29) is 5.04 Å². The van der Waals surface area contributed by atoms with Crippen molar-refractivity contribution < 1.29 is 9.16 Å². The molecule has 0 unspecified atom stereocenters. The highest BCUT2D eigenvalue weighted by Gasteiger charge is 2.36. The van der Waals surface area contributed by atoms with Crippen LogP contribution >= 0.6 is 0 Å². The van der Waals surface area contributed by atoms with E-state index >= 15 is 0 Å². The van der Waals surface area contributed by atoms with Gasteiger partial charge >= 0.3 is 0 Å². The van der Waals surface area contributed by atoms with Gasteiger partial charge in [0.2, 0.25) is 0 Å². The maximum absolute atomic E-state index is 9.08. The van der Waals surface area contributed by atoms with Crippen molar-refractivity contribution in [2.75, 3.05) is 18.9 Å². The second-order valence-electron chi connectivity index (χ2n) is 7.00. The first-order valence-corrected chi connectivity index (χ1v) is 10.7. The lowest BCUT2D eigenvalue weighted by Gasteiger charge is -2.36. The number of rotatable bonds is 7. The number of nitrogen functional groups attached to an aromatic ring is 1. The lowest BCUT2D eigenvalue weighted by atomic mass is 10.2. The third-order valence-corrected chi connectivity index (χ3v) is 8.77. The molecule has 1 rings (SSSR count).